The Hall–Kier alpha value is -2.18. The number of benzene rings is 1. The average molecular weight is 763 g/mol. The standard InChI is InChI=1S/C45H62O10/c1-25-15-20-45(50-23-25)27(3)37-34(55-45)22-33-31-13-12-29-21-30(16-18-43(29,4)32(31)17-19-44(33,37)5)51-42-38(48)40(53-36(47)14-11-26(2)46)39-35(52-42)24-49-41(54-39)28-9-7-6-8-10-28/h6-10,12,25,27,30-35,37-42,48H,11,13-24H2,1-5H3/t25-,27+,30+,31-,32+,33+,34+,35-,37+,38-,39-,40-,41-,42-,43+,44+,45-/m1/s1. The predicted molar refractivity (Wildman–Crippen MR) is 201 cm³/mol. The van der Waals surface area contributed by atoms with E-state index in [-0.39, 0.29) is 48.0 Å². The number of ketones is 1. The van der Waals surface area contributed by atoms with E-state index in [4.69, 9.17) is 33.2 Å². The van der Waals surface area contributed by atoms with Crippen LogP contribution in [0.5, 0.6) is 0 Å². The lowest BCUT2D eigenvalue weighted by Crippen LogP contribution is -2.63. The Kier molecular flexibility index (Phi) is 10.2. The minimum absolute atomic E-state index is 0.0691. The molecule has 4 heterocycles. The van der Waals surface area contributed by atoms with Crippen LogP contribution in [0.4, 0.5) is 0 Å². The number of hydrogen-bond donors (Lipinski definition) is 1. The Morgan fingerprint density at radius 3 is 2.53 bits per heavy atom. The number of esters is 1. The maximum atomic E-state index is 13.0. The number of aliphatic hydroxyl groups excluding tert-OH is 1. The van der Waals surface area contributed by atoms with E-state index in [0.717, 1.165) is 50.7 Å². The highest BCUT2D eigenvalue weighted by atomic mass is 16.8. The third-order valence-electron chi connectivity index (χ3n) is 16.0. The summed E-state index contributed by atoms with van der Waals surface area (Å²) in [5.41, 5.74) is 2.68. The van der Waals surface area contributed by atoms with E-state index in [1.165, 1.54) is 31.8 Å². The minimum Gasteiger partial charge on any atom is -0.456 e. The first-order valence-corrected chi connectivity index (χ1v) is 21.4. The molecule has 8 aliphatic rings. The summed E-state index contributed by atoms with van der Waals surface area (Å²) in [5.74, 6) is 2.47. The first-order valence-electron chi connectivity index (χ1n) is 21.4. The van der Waals surface area contributed by atoms with Gasteiger partial charge in [0.25, 0.3) is 0 Å². The Labute approximate surface area is 326 Å². The van der Waals surface area contributed by atoms with Gasteiger partial charge in [0.05, 0.1) is 31.8 Å². The van der Waals surface area contributed by atoms with E-state index in [1.54, 1.807) is 0 Å². The van der Waals surface area contributed by atoms with Crippen molar-refractivity contribution in [3.63, 3.8) is 0 Å². The van der Waals surface area contributed by atoms with Crippen molar-refractivity contribution < 1.29 is 47.9 Å². The Morgan fingerprint density at radius 2 is 1.76 bits per heavy atom. The summed E-state index contributed by atoms with van der Waals surface area (Å²) in [6.45, 7) is 12.2. The van der Waals surface area contributed by atoms with Gasteiger partial charge in [-0.1, -0.05) is 69.7 Å². The fourth-order valence-electron chi connectivity index (χ4n) is 13.0. The molecule has 0 bridgehead atoms. The second-order valence-electron chi connectivity index (χ2n) is 19.1. The lowest BCUT2D eigenvalue weighted by Gasteiger charge is -2.58. The molecule has 0 aromatic heterocycles. The van der Waals surface area contributed by atoms with E-state index in [2.05, 4.69) is 33.8 Å². The number of Topliss-reactive ketones (excluding diaryl/α,β-unsaturated/α-hetero) is 1. The fraction of sp³-hybridized carbons (Fsp3) is 0.778. The molecule has 9 rings (SSSR count). The molecule has 1 aromatic rings. The number of aliphatic hydroxyl groups is 1. The quantitative estimate of drug-likeness (QED) is 0.225. The van der Waals surface area contributed by atoms with Gasteiger partial charge in [-0.05, 0) is 98.7 Å². The molecule has 7 fully saturated rings. The van der Waals surface area contributed by atoms with E-state index in [1.807, 2.05) is 30.3 Å². The molecule has 55 heavy (non-hydrogen) atoms. The second-order valence-corrected chi connectivity index (χ2v) is 19.1. The van der Waals surface area contributed by atoms with Crippen LogP contribution in [0.1, 0.15) is 117 Å². The molecule has 10 heteroatoms. The largest absolute Gasteiger partial charge is 0.456 e. The van der Waals surface area contributed by atoms with E-state index in [0.29, 0.717) is 41.6 Å². The number of allylic oxidation sites excluding steroid dienone is 1. The maximum absolute atomic E-state index is 13.0. The van der Waals surface area contributed by atoms with Gasteiger partial charge < -0.3 is 43.1 Å². The van der Waals surface area contributed by atoms with Gasteiger partial charge in [-0.25, -0.2) is 0 Å². The van der Waals surface area contributed by atoms with Crippen LogP contribution in [-0.2, 0) is 42.7 Å². The van der Waals surface area contributed by atoms with Crippen molar-refractivity contribution in [1.29, 1.82) is 0 Å². The van der Waals surface area contributed by atoms with Gasteiger partial charge in [0.15, 0.2) is 24.5 Å². The number of carbonyl (C=O) groups is 2. The summed E-state index contributed by atoms with van der Waals surface area (Å²) in [5, 5.41) is 11.8. The number of fused-ring (bicyclic) bond motifs is 8. The van der Waals surface area contributed by atoms with Gasteiger partial charge in [-0.2, -0.15) is 0 Å². The number of ether oxygens (including phenoxy) is 7. The van der Waals surface area contributed by atoms with Crippen LogP contribution in [0.25, 0.3) is 0 Å². The number of rotatable bonds is 7. The molecule has 4 aliphatic heterocycles. The fourth-order valence-corrected chi connectivity index (χ4v) is 13.0. The third kappa shape index (κ3) is 6.58. The summed E-state index contributed by atoms with van der Waals surface area (Å²) < 4.78 is 44.9. The molecule has 0 unspecified atom stereocenters. The van der Waals surface area contributed by atoms with Crippen LogP contribution < -0.4 is 0 Å². The van der Waals surface area contributed by atoms with E-state index in [9.17, 15) is 14.7 Å². The van der Waals surface area contributed by atoms with Crippen molar-refractivity contribution in [3.05, 3.63) is 47.5 Å². The van der Waals surface area contributed by atoms with Gasteiger partial charge in [-0.15, -0.1) is 0 Å². The zero-order chi connectivity index (χ0) is 38.3. The average Bonchev–Trinajstić information content (AvgIpc) is 3.62. The molecule has 1 aromatic carbocycles. The SMILES string of the molecule is CC(=O)CCC(=O)O[C@@H]1[C@@H](O)[C@H](O[C@H]2CC[C@@]3(C)C(=CC[C@H]4[C@@H]5C[C@@H]6O[C@]7(CC[C@@H](C)CO7)[C@@H](C)[C@@H]6[C@@]5(C)CC[C@@H]43)C2)O[C@@H]2CO[C@@H](c3ccccc3)O[C@@H]12. The van der Waals surface area contributed by atoms with Crippen molar-refractivity contribution >= 4 is 11.8 Å². The molecule has 4 aliphatic carbocycles. The second kappa shape index (κ2) is 14.6. The van der Waals surface area contributed by atoms with Crippen molar-refractivity contribution in [2.24, 2.45) is 46.3 Å². The van der Waals surface area contributed by atoms with Crippen molar-refractivity contribution in [2.45, 2.75) is 160 Å². The summed E-state index contributed by atoms with van der Waals surface area (Å²) >= 11 is 0. The van der Waals surface area contributed by atoms with Gasteiger partial charge in [0.2, 0.25) is 0 Å². The molecule has 3 saturated carbocycles. The van der Waals surface area contributed by atoms with Gasteiger partial charge in [-0.3, -0.25) is 4.79 Å². The normalized spacial score (nSPS) is 48.8. The number of carbonyl (C=O) groups excluding carboxylic acids is 2. The van der Waals surface area contributed by atoms with E-state index < -0.39 is 43.0 Å². The summed E-state index contributed by atoms with van der Waals surface area (Å²) in [6, 6.07) is 9.54. The lowest BCUT2D eigenvalue weighted by atomic mass is 9.47. The minimum atomic E-state index is -1.28. The highest BCUT2D eigenvalue weighted by Gasteiger charge is 2.68. The van der Waals surface area contributed by atoms with Crippen LogP contribution in [-0.4, -0.2) is 78.8 Å². The first kappa shape index (κ1) is 38.3. The molecular weight excluding hydrogens is 700 g/mol. The molecule has 1 N–H and O–H groups in total. The summed E-state index contributed by atoms with van der Waals surface area (Å²) in [7, 11) is 0. The lowest BCUT2D eigenvalue weighted by molar-refractivity contribution is -0.367. The summed E-state index contributed by atoms with van der Waals surface area (Å²) in [6.07, 6.45) is 6.88. The maximum Gasteiger partial charge on any atom is 0.306 e. The number of hydrogen-bond acceptors (Lipinski definition) is 10. The first-order chi connectivity index (χ1) is 26.4. The van der Waals surface area contributed by atoms with Crippen LogP contribution >= 0.6 is 0 Å². The monoisotopic (exact) mass is 762 g/mol. The molecule has 0 amide bonds. The third-order valence-corrected chi connectivity index (χ3v) is 16.0. The van der Waals surface area contributed by atoms with Crippen molar-refractivity contribution in [3.8, 4) is 0 Å². The van der Waals surface area contributed by atoms with Crippen LogP contribution in [0.2, 0.25) is 0 Å². The zero-order valence-corrected chi connectivity index (χ0v) is 33.4. The summed E-state index contributed by atoms with van der Waals surface area (Å²) in [4.78, 5) is 24.6. The van der Waals surface area contributed by atoms with Crippen LogP contribution in [0.3, 0.4) is 0 Å². The highest BCUT2D eigenvalue weighted by Crippen LogP contribution is 2.70. The van der Waals surface area contributed by atoms with Crippen molar-refractivity contribution in [2.75, 3.05) is 13.2 Å². The smallest absolute Gasteiger partial charge is 0.306 e. The molecule has 0 radical (unpaired) electrons. The molecule has 10 nitrogen and oxygen atoms in total. The zero-order valence-electron chi connectivity index (χ0n) is 33.4. The Morgan fingerprint density at radius 1 is 0.945 bits per heavy atom. The molecule has 4 saturated heterocycles. The Bertz CT molecular complexity index is 1620. The van der Waals surface area contributed by atoms with Gasteiger partial charge in [0.1, 0.15) is 24.1 Å². The van der Waals surface area contributed by atoms with Crippen molar-refractivity contribution in [1.82, 2.24) is 0 Å². The molecular formula is C45H62O10. The topological polar surface area (TPSA) is 119 Å². The van der Waals surface area contributed by atoms with Gasteiger partial charge in [0, 0.05) is 24.3 Å². The predicted octanol–water partition coefficient (Wildman–Crippen LogP) is 7.22. The van der Waals surface area contributed by atoms with Gasteiger partial charge >= 0.3 is 5.97 Å². The molecule has 1 spiro atoms. The molecule has 17 atom stereocenters. The van der Waals surface area contributed by atoms with Crippen LogP contribution in [0, 0.1) is 46.3 Å². The van der Waals surface area contributed by atoms with Crippen LogP contribution in [0.15, 0.2) is 42.0 Å². The Balaban J connectivity index is 0.879. The highest BCUT2D eigenvalue weighted by molar-refractivity contribution is 5.81. The molecule has 302 valence electrons. The van der Waals surface area contributed by atoms with E-state index >= 15 is 0 Å².